The van der Waals surface area contributed by atoms with E-state index in [1.807, 2.05) is 4.57 Å². The minimum Gasteiger partial charge on any atom is -0.383 e. The largest absolute Gasteiger partial charge is 0.383 e. The minimum absolute atomic E-state index is 0.232. The molecule has 2 aromatic rings. The first-order chi connectivity index (χ1) is 9.58. The summed E-state index contributed by atoms with van der Waals surface area (Å²) in [6.45, 7) is 4.20. The smallest absolute Gasteiger partial charge is 0.132 e. The number of rotatable bonds is 4. The minimum atomic E-state index is -0.232. The van der Waals surface area contributed by atoms with Gasteiger partial charge in [0, 0.05) is 12.0 Å². The number of terminal acetylenes is 1. The van der Waals surface area contributed by atoms with Crippen molar-refractivity contribution in [3.05, 3.63) is 35.4 Å². The molecule has 4 heteroatoms. The molecule has 0 aliphatic heterocycles. The average Bonchev–Trinajstić information content (AvgIpc) is 2.72. The van der Waals surface area contributed by atoms with Crippen molar-refractivity contribution in [2.75, 3.05) is 5.73 Å². The van der Waals surface area contributed by atoms with Gasteiger partial charge < -0.3 is 10.3 Å². The van der Waals surface area contributed by atoms with Crippen LogP contribution in [0.1, 0.15) is 24.7 Å². The van der Waals surface area contributed by atoms with Crippen LogP contribution in [0.2, 0.25) is 0 Å². The molecule has 0 bridgehead atoms. The lowest BCUT2D eigenvalue weighted by Gasteiger charge is -2.05. The zero-order valence-corrected chi connectivity index (χ0v) is 11.8. The van der Waals surface area contributed by atoms with Gasteiger partial charge in [0.1, 0.15) is 23.2 Å². The Balaban J connectivity index is 2.54. The van der Waals surface area contributed by atoms with Crippen LogP contribution in [0.15, 0.2) is 18.2 Å². The summed E-state index contributed by atoms with van der Waals surface area (Å²) in [4.78, 5) is 4.58. The fraction of sp³-hybridized carbons (Fsp3) is 0.312. The standard InChI is InChI=1S/C16H18FN3/c1-4-6-14-19-15(16(18)20(14)9-5-2)12-7-8-13(17)11(3)10-12/h2,7-8,10H,4,6,9,18H2,1,3H3. The number of hydrogen-bond acceptors (Lipinski definition) is 2. The van der Waals surface area contributed by atoms with Gasteiger partial charge in [0.05, 0.1) is 6.54 Å². The molecule has 1 aromatic heterocycles. The molecule has 0 fully saturated rings. The highest BCUT2D eigenvalue weighted by molar-refractivity contribution is 5.71. The highest BCUT2D eigenvalue weighted by Crippen LogP contribution is 2.28. The SMILES string of the molecule is C#CCn1c(CCC)nc(-c2ccc(F)c(C)c2)c1N. The summed E-state index contributed by atoms with van der Waals surface area (Å²) in [6, 6.07) is 4.88. The zero-order valence-electron chi connectivity index (χ0n) is 11.8. The molecule has 0 atom stereocenters. The van der Waals surface area contributed by atoms with Gasteiger partial charge in [-0.05, 0) is 37.1 Å². The number of imidazole rings is 1. The van der Waals surface area contributed by atoms with Gasteiger partial charge in [-0.2, -0.15) is 0 Å². The van der Waals surface area contributed by atoms with Gasteiger partial charge in [0.2, 0.25) is 0 Å². The van der Waals surface area contributed by atoms with E-state index in [0.29, 0.717) is 23.6 Å². The van der Waals surface area contributed by atoms with E-state index in [2.05, 4.69) is 17.8 Å². The maximum absolute atomic E-state index is 13.4. The topological polar surface area (TPSA) is 43.8 Å². The summed E-state index contributed by atoms with van der Waals surface area (Å²) in [7, 11) is 0. The molecule has 0 spiro atoms. The van der Waals surface area contributed by atoms with Crippen molar-refractivity contribution < 1.29 is 4.39 Å². The Hall–Kier alpha value is -2.28. The van der Waals surface area contributed by atoms with Crippen LogP contribution in [0.5, 0.6) is 0 Å². The lowest BCUT2D eigenvalue weighted by Crippen LogP contribution is -2.06. The number of aryl methyl sites for hydroxylation is 2. The van der Waals surface area contributed by atoms with Crippen LogP contribution in [0.4, 0.5) is 10.2 Å². The van der Waals surface area contributed by atoms with Crippen LogP contribution in [-0.4, -0.2) is 9.55 Å². The lowest BCUT2D eigenvalue weighted by atomic mass is 10.1. The predicted octanol–water partition coefficient (Wildman–Crippen LogP) is 3.17. The van der Waals surface area contributed by atoms with Gasteiger partial charge in [-0.25, -0.2) is 9.37 Å². The van der Waals surface area contributed by atoms with Crippen molar-refractivity contribution in [1.29, 1.82) is 0 Å². The third-order valence-corrected chi connectivity index (χ3v) is 3.24. The van der Waals surface area contributed by atoms with Crippen molar-refractivity contribution >= 4 is 5.82 Å². The molecule has 2 rings (SSSR count). The molecular weight excluding hydrogens is 253 g/mol. The molecule has 0 unspecified atom stereocenters. The van der Waals surface area contributed by atoms with E-state index in [9.17, 15) is 4.39 Å². The van der Waals surface area contributed by atoms with Crippen LogP contribution in [0.3, 0.4) is 0 Å². The maximum Gasteiger partial charge on any atom is 0.132 e. The van der Waals surface area contributed by atoms with Crippen molar-refractivity contribution in [2.24, 2.45) is 0 Å². The number of nitrogen functional groups attached to an aromatic ring is 1. The van der Waals surface area contributed by atoms with Gasteiger partial charge in [-0.3, -0.25) is 0 Å². The maximum atomic E-state index is 13.4. The van der Waals surface area contributed by atoms with Gasteiger partial charge in [0.15, 0.2) is 0 Å². The molecule has 3 nitrogen and oxygen atoms in total. The second-order valence-electron chi connectivity index (χ2n) is 4.77. The Kier molecular flexibility index (Phi) is 4.09. The summed E-state index contributed by atoms with van der Waals surface area (Å²) in [5.41, 5.74) is 8.21. The van der Waals surface area contributed by atoms with Crippen molar-refractivity contribution in [1.82, 2.24) is 9.55 Å². The summed E-state index contributed by atoms with van der Waals surface area (Å²) in [5.74, 6) is 3.77. The first-order valence-corrected chi connectivity index (χ1v) is 6.63. The summed E-state index contributed by atoms with van der Waals surface area (Å²) in [5, 5.41) is 0. The monoisotopic (exact) mass is 271 g/mol. The first-order valence-electron chi connectivity index (χ1n) is 6.63. The molecule has 104 valence electrons. The van der Waals surface area contributed by atoms with Gasteiger partial charge in [-0.1, -0.05) is 12.8 Å². The first kappa shape index (κ1) is 14.1. The molecule has 1 aromatic carbocycles. The highest BCUT2D eigenvalue weighted by atomic mass is 19.1. The number of benzene rings is 1. The van der Waals surface area contributed by atoms with Crippen LogP contribution in [-0.2, 0) is 13.0 Å². The number of hydrogen-bond donors (Lipinski definition) is 1. The average molecular weight is 271 g/mol. The molecule has 0 amide bonds. The second-order valence-corrected chi connectivity index (χ2v) is 4.77. The van der Waals surface area contributed by atoms with Crippen molar-refractivity contribution in [3.63, 3.8) is 0 Å². The molecule has 0 aliphatic rings. The molecule has 0 saturated carbocycles. The Bertz CT molecular complexity index is 665. The number of anilines is 1. The quantitative estimate of drug-likeness (QED) is 0.868. The number of nitrogens with zero attached hydrogens (tertiary/aromatic N) is 2. The summed E-state index contributed by atoms with van der Waals surface area (Å²) in [6.07, 6.45) is 7.16. The zero-order chi connectivity index (χ0) is 14.7. The van der Waals surface area contributed by atoms with Gasteiger partial charge in [-0.15, -0.1) is 6.42 Å². The Morgan fingerprint density at radius 3 is 2.80 bits per heavy atom. The summed E-state index contributed by atoms with van der Waals surface area (Å²) < 4.78 is 15.2. The highest BCUT2D eigenvalue weighted by Gasteiger charge is 2.15. The fourth-order valence-corrected chi connectivity index (χ4v) is 2.20. The molecule has 2 N–H and O–H groups in total. The Morgan fingerprint density at radius 2 is 2.20 bits per heavy atom. The molecule has 0 aliphatic carbocycles. The van der Waals surface area contributed by atoms with Crippen LogP contribution >= 0.6 is 0 Å². The third kappa shape index (κ3) is 2.53. The van der Waals surface area contributed by atoms with E-state index in [0.717, 1.165) is 24.2 Å². The molecule has 1 heterocycles. The fourth-order valence-electron chi connectivity index (χ4n) is 2.20. The molecule has 0 saturated heterocycles. The lowest BCUT2D eigenvalue weighted by molar-refractivity contribution is 0.619. The van der Waals surface area contributed by atoms with E-state index >= 15 is 0 Å². The van der Waals surface area contributed by atoms with E-state index in [1.165, 1.54) is 6.07 Å². The van der Waals surface area contributed by atoms with E-state index in [1.54, 1.807) is 19.1 Å². The predicted molar refractivity (Wildman–Crippen MR) is 79.6 cm³/mol. The molecule has 20 heavy (non-hydrogen) atoms. The van der Waals surface area contributed by atoms with Gasteiger partial charge in [0.25, 0.3) is 0 Å². The van der Waals surface area contributed by atoms with Crippen molar-refractivity contribution in [2.45, 2.75) is 33.2 Å². The number of halogens is 1. The Morgan fingerprint density at radius 1 is 1.45 bits per heavy atom. The summed E-state index contributed by atoms with van der Waals surface area (Å²) >= 11 is 0. The van der Waals surface area contributed by atoms with E-state index in [-0.39, 0.29) is 5.82 Å². The number of nitrogens with two attached hydrogens (primary N) is 1. The molecular formula is C16H18FN3. The second kappa shape index (κ2) is 5.79. The van der Waals surface area contributed by atoms with Crippen LogP contribution in [0, 0.1) is 25.1 Å². The Labute approximate surface area is 118 Å². The van der Waals surface area contributed by atoms with E-state index < -0.39 is 0 Å². The van der Waals surface area contributed by atoms with Crippen LogP contribution < -0.4 is 5.73 Å². The number of aromatic nitrogens is 2. The normalized spacial score (nSPS) is 10.5. The molecule has 0 radical (unpaired) electrons. The van der Waals surface area contributed by atoms with Crippen LogP contribution in [0.25, 0.3) is 11.3 Å². The van der Waals surface area contributed by atoms with Crippen molar-refractivity contribution in [3.8, 4) is 23.6 Å². The van der Waals surface area contributed by atoms with E-state index in [4.69, 9.17) is 12.2 Å². The van der Waals surface area contributed by atoms with Gasteiger partial charge >= 0.3 is 0 Å². The third-order valence-electron chi connectivity index (χ3n) is 3.24.